The van der Waals surface area contributed by atoms with Crippen LogP contribution in [0.4, 0.5) is 5.69 Å². The smallest absolute Gasteiger partial charge is 0.221 e. The van der Waals surface area contributed by atoms with Crippen LogP contribution in [0.25, 0.3) is 11.0 Å². The standard InChI is InChI=1S/C18H16N4O/c1-12(23)20-15-4-3-5-16-18(15)21-17(22(16)2)10-13-6-8-14(11-19)9-7-13/h3-9H,10H2,1-2H3,(H,20,23). The molecule has 1 N–H and O–H groups in total. The van der Waals surface area contributed by atoms with E-state index in [9.17, 15) is 4.79 Å². The first-order valence-corrected chi connectivity index (χ1v) is 7.29. The van der Waals surface area contributed by atoms with Crippen LogP contribution in [0.3, 0.4) is 0 Å². The molecule has 0 bridgehead atoms. The number of fused-ring (bicyclic) bond motifs is 1. The lowest BCUT2D eigenvalue weighted by Crippen LogP contribution is -2.06. The minimum absolute atomic E-state index is 0.114. The second-order valence-corrected chi connectivity index (χ2v) is 5.43. The predicted molar refractivity (Wildman–Crippen MR) is 89.0 cm³/mol. The molecule has 0 radical (unpaired) electrons. The van der Waals surface area contributed by atoms with Crippen molar-refractivity contribution >= 4 is 22.6 Å². The number of anilines is 1. The van der Waals surface area contributed by atoms with Crippen molar-refractivity contribution in [1.82, 2.24) is 9.55 Å². The number of para-hydroxylation sites is 1. The molecule has 23 heavy (non-hydrogen) atoms. The molecule has 3 aromatic rings. The van der Waals surface area contributed by atoms with Crippen LogP contribution in [-0.4, -0.2) is 15.5 Å². The van der Waals surface area contributed by atoms with E-state index in [1.54, 1.807) is 12.1 Å². The van der Waals surface area contributed by atoms with Crippen LogP contribution in [0.1, 0.15) is 23.9 Å². The molecule has 1 heterocycles. The molecule has 1 amide bonds. The highest BCUT2D eigenvalue weighted by atomic mass is 16.1. The molecule has 1 aromatic heterocycles. The number of amides is 1. The SMILES string of the molecule is CC(=O)Nc1cccc2c1nc(Cc1ccc(C#N)cc1)n2C. The number of rotatable bonds is 3. The first-order valence-electron chi connectivity index (χ1n) is 7.29. The van der Waals surface area contributed by atoms with E-state index in [-0.39, 0.29) is 5.91 Å². The number of carbonyl (C=O) groups excluding carboxylic acids is 1. The van der Waals surface area contributed by atoms with Gasteiger partial charge in [-0.25, -0.2) is 4.98 Å². The summed E-state index contributed by atoms with van der Waals surface area (Å²) in [6, 6.07) is 15.3. The molecular weight excluding hydrogens is 288 g/mol. The van der Waals surface area contributed by atoms with Crippen LogP contribution in [0.5, 0.6) is 0 Å². The predicted octanol–water partition coefficient (Wildman–Crippen LogP) is 2.99. The van der Waals surface area contributed by atoms with Crippen molar-refractivity contribution in [2.24, 2.45) is 7.05 Å². The minimum atomic E-state index is -0.114. The van der Waals surface area contributed by atoms with E-state index < -0.39 is 0 Å². The summed E-state index contributed by atoms with van der Waals surface area (Å²) in [5.41, 5.74) is 4.21. The van der Waals surface area contributed by atoms with Crippen molar-refractivity contribution in [3.63, 3.8) is 0 Å². The van der Waals surface area contributed by atoms with Gasteiger partial charge in [-0.3, -0.25) is 4.79 Å². The molecular formula is C18H16N4O. The second kappa shape index (κ2) is 5.93. The van der Waals surface area contributed by atoms with Crippen LogP contribution in [0, 0.1) is 11.3 Å². The van der Waals surface area contributed by atoms with Crippen LogP contribution in [-0.2, 0) is 18.3 Å². The van der Waals surface area contributed by atoms with Gasteiger partial charge >= 0.3 is 0 Å². The molecule has 114 valence electrons. The number of nitrogens with one attached hydrogen (secondary N) is 1. The normalized spacial score (nSPS) is 10.5. The Labute approximate surface area is 134 Å². The Bertz CT molecular complexity index is 917. The molecule has 0 fully saturated rings. The lowest BCUT2D eigenvalue weighted by atomic mass is 10.1. The summed E-state index contributed by atoms with van der Waals surface area (Å²) in [4.78, 5) is 16.0. The third kappa shape index (κ3) is 2.92. The zero-order valence-electron chi connectivity index (χ0n) is 13.0. The summed E-state index contributed by atoms with van der Waals surface area (Å²) in [7, 11) is 1.96. The highest BCUT2D eigenvalue weighted by Gasteiger charge is 2.12. The van der Waals surface area contributed by atoms with E-state index >= 15 is 0 Å². The number of nitriles is 1. The molecule has 0 aliphatic carbocycles. The van der Waals surface area contributed by atoms with Gasteiger partial charge in [0.2, 0.25) is 5.91 Å². The molecule has 0 saturated heterocycles. The number of imidazole rings is 1. The van der Waals surface area contributed by atoms with Crippen molar-refractivity contribution in [1.29, 1.82) is 5.26 Å². The van der Waals surface area contributed by atoms with Crippen molar-refractivity contribution in [2.75, 3.05) is 5.32 Å². The van der Waals surface area contributed by atoms with Crippen molar-refractivity contribution in [2.45, 2.75) is 13.3 Å². The lowest BCUT2D eigenvalue weighted by Gasteiger charge is -2.03. The largest absolute Gasteiger partial charge is 0.331 e. The Kier molecular flexibility index (Phi) is 3.82. The Hall–Kier alpha value is -3.13. The van der Waals surface area contributed by atoms with Gasteiger partial charge in [-0.05, 0) is 29.8 Å². The molecule has 0 atom stereocenters. The molecule has 0 spiro atoms. The minimum Gasteiger partial charge on any atom is -0.331 e. The van der Waals surface area contributed by atoms with Gasteiger partial charge in [-0.2, -0.15) is 5.26 Å². The first kappa shape index (κ1) is 14.8. The maximum Gasteiger partial charge on any atom is 0.221 e. The van der Waals surface area contributed by atoms with E-state index in [4.69, 9.17) is 5.26 Å². The molecule has 0 unspecified atom stereocenters. The van der Waals surface area contributed by atoms with Gasteiger partial charge < -0.3 is 9.88 Å². The third-order valence-electron chi connectivity index (χ3n) is 3.76. The number of hydrogen-bond acceptors (Lipinski definition) is 3. The maximum absolute atomic E-state index is 11.3. The van der Waals surface area contributed by atoms with Gasteiger partial charge in [0.1, 0.15) is 11.3 Å². The van der Waals surface area contributed by atoms with Crippen LogP contribution in [0.2, 0.25) is 0 Å². The topological polar surface area (TPSA) is 70.7 Å². The Morgan fingerprint density at radius 1 is 1.26 bits per heavy atom. The van der Waals surface area contributed by atoms with E-state index in [2.05, 4.69) is 16.4 Å². The highest BCUT2D eigenvalue weighted by Crippen LogP contribution is 2.24. The monoisotopic (exact) mass is 304 g/mol. The molecule has 0 aliphatic rings. The number of benzene rings is 2. The van der Waals surface area contributed by atoms with Crippen molar-refractivity contribution < 1.29 is 4.79 Å². The molecule has 2 aromatic carbocycles. The van der Waals surface area contributed by atoms with Crippen molar-refractivity contribution in [3.8, 4) is 6.07 Å². The zero-order valence-corrected chi connectivity index (χ0v) is 13.0. The highest BCUT2D eigenvalue weighted by molar-refractivity contribution is 5.98. The fourth-order valence-corrected chi connectivity index (χ4v) is 2.59. The van der Waals surface area contributed by atoms with E-state index in [1.807, 2.05) is 41.9 Å². The lowest BCUT2D eigenvalue weighted by molar-refractivity contribution is -0.114. The number of carbonyl (C=O) groups is 1. The number of nitrogens with zero attached hydrogens (tertiary/aromatic N) is 3. The fraction of sp³-hybridized carbons (Fsp3) is 0.167. The Morgan fingerprint density at radius 2 is 2.00 bits per heavy atom. The van der Waals surface area contributed by atoms with Gasteiger partial charge in [0.15, 0.2) is 0 Å². The molecule has 3 rings (SSSR count). The molecule has 5 nitrogen and oxygen atoms in total. The number of aryl methyl sites for hydroxylation is 1. The average molecular weight is 304 g/mol. The Morgan fingerprint density at radius 3 is 2.65 bits per heavy atom. The average Bonchev–Trinajstić information content (AvgIpc) is 2.85. The molecule has 5 heteroatoms. The third-order valence-corrected chi connectivity index (χ3v) is 3.76. The summed E-state index contributed by atoms with van der Waals surface area (Å²) in [5, 5.41) is 11.7. The van der Waals surface area contributed by atoms with E-state index in [0.717, 1.165) is 28.1 Å². The van der Waals surface area contributed by atoms with Gasteiger partial charge in [-0.1, -0.05) is 18.2 Å². The summed E-state index contributed by atoms with van der Waals surface area (Å²) < 4.78 is 2.03. The summed E-state index contributed by atoms with van der Waals surface area (Å²) in [6.45, 7) is 1.49. The maximum atomic E-state index is 11.3. The van der Waals surface area contributed by atoms with Gasteiger partial charge in [0.25, 0.3) is 0 Å². The quantitative estimate of drug-likeness (QED) is 0.808. The van der Waals surface area contributed by atoms with Crippen LogP contribution >= 0.6 is 0 Å². The van der Waals surface area contributed by atoms with E-state index in [1.165, 1.54) is 6.92 Å². The van der Waals surface area contributed by atoms with Crippen molar-refractivity contribution in [3.05, 3.63) is 59.4 Å². The summed E-state index contributed by atoms with van der Waals surface area (Å²) in [6.07, 6.45) is 0.663. The van der Waals surface area contributed by atoms with Crippen LogP contribution in [0.15, 0.2) is 42.5 Å². The summed E-state index contributed by atoms with van der Waals surface area (Å²) >= 11 is 0. The summed E-state index contributed by atoms with van der Waals surface area (Å²) in [5.74, 6) is 0.791. The Balaban J connectivity index is 1.99. The number of hydrogen-bond donors (Lipinski definition) is 1. The van der Waals surface area contributed by atoms with Gasteiger partial charge in [0.05, 0.1) is 22.8 Å². The van der Waals surface area contributed by atoms with Gasteiger partial charge in [0, 0.05) is 20.4 Å². The fourth-order valence-electron chi connectivity index (χ4n) is 2.59. The first-order chi connectivity index (χ1) is 11.1. The number of aromatic nitrogens is 2. The molecule has 0 saturated carbocycles. The van der Waals surface area contributed by atoms with Crippen LogP contribution < -0.4 is 5.32 Å². The van der Waals surface area contributed by atoms with Gasteiger partial charge in [-0.15, -0.1) is 0 Å². The molecule has 0 aliphatic heterocycles. The second-order valence-electron chi connectivity index (χ2n) is 5.43. The van der Waals surface area contributed by atoms with E-state index in [0.29, 0.717) is 12.0 Å². The zero-order chi connectivity index (χ0) is 16.4.